The fourth-order valence-corrected chi connectivity index (χ4v) is 6.75. The zero-order valence-electron chi connectivity index (χ0n) is 19.8. The Kier molecular flexibility index (Phi) is 7.68. The summed E-state index contributed by atoms with van der Waals surface area (Å²) in [6.45, 7) is 0.128. The Bertz CT molecular complexity index is 982. The zero-order chi connectivity index (χ0) is 23.5. The number of hydrogen-bond donors (Lipinski definition) is 1. The predicted molar refractivity (Wildman–Crippen MR) is 143 cm³/mol. The molecule has 3 aliphatic rings. The van der Waals surface area contributed by atoms with E-state index >= 15 is 0 Å². The van der Waals surface area contributed by atoms with Crippen molar-refractivity contribution in [1.82, 2.24) is 0 Å². The van der Waals surface area contributed by atoms with Crippen molar-refractivity contribution < 1.29 is 9.57 Å². The van der Waals surface area contributed by atoms with Crippen LogP contribution >= 0.6 is 22.6 Å². The van der Waals surface area contributed by atoms with Crippen LogP contribution in [-0.2, 0) is 20.4 Å². The number of hydrogen-bond acceptors (Lipinski definition) is 5. The molecular weight excluding hydrogens is 539 g/mol. The largest absolute Gasteiger partial charge is 0.368 e. The molecule has 1 aliphatic heterocycles. The van der Waals surface area contributed by atoms with Crippen molar-refractivity contribution >= 4 is 22.6 Å². The molecular formula is C28H35IN2O3. The van der Waals surface area contributed by atoms with Crippen molar-refractivity contribution in [2.75, 3.05) is 6.54 Å². The Morgan fingerprint density at radius 1 is 1.00 bits per heavy atom. The van der Waals surface area contributed by atoms with Gasteiger partial charge in [-0.3, -0.25) is 0 Å². The lowest BCUT2D eigenvalue weighted by molar-refractivity contribution is -0.114. The SMILES string of the molecule is NO[C@@H]1CC(c2ccc(CI)c(Cc3ccc(C4CCC5(CC4)CC5)cc3)c2)O[C@H](CN=O)C1. The van der Waals surface area contributed by atoms with Gasteiger partial charge in [0.25, 0.3) is 0 Å². The third kappa shape index (κ3) is 5.55. The van der Waals surface area contributed by atoms with Gasteiger partial charge in [-0.15, -0.1) is 0 Å². The second-order valence-corrected chi connectivity index (χ2v) is 11.4. The van der Waals surface area contributed by atoms with Crippen molar-refractivity contribution in [3.8, 4) is 0 Å². The van der Waals surface area contributed by atoms with Gasteiger partial charge in [0.2, 0.25) is 0 Å². The van der Waals surface area contributed by atoms with Crippen LogP contribution in [0.25, 0.3) is 0 Å². The predicted octanol–water partition coefficient (Wildman–Crippen LogP) is 6.90. The fourth-order valence-electron chi connectivity index (χ4n) is 6.01. The number of ether oxygens (including phenoxy) is 1. The standard InChI is InChI=1S/C28H35IN2O3/c29-17-23-6-5-22(27-16-25(34-30)15-26(33-27)18-31-32)14-24(23)13-19-1-3-20(4-2-19)21-7-9-28(10-8-21)11-12-28/h1-6,14,21,25-27H,7-13,15-18,30H2/t25-,26-,27?/m0/s1. The summed E-state index contributed by atoms with van der Waals surface area (Å²) in [6.07, 6.45) is 10.2. The first-order chi connectivity index (χ1) is 16.6. The van der Waals surface area contributed by atoms with Gasteiger partial charge in [-0.05, 0) is 84.1 Å². The van der Waals surface area contributed by atoms with E-state index in [4.69, 9.17) is 15.5 Å². The first-order valence-electron chi connectivity index (χ1n) is 12.7. The van der Waals surface area contributed by atoms with Crippen LogP contribution in [-0.4, -0.2) is 18.8 Å². The van der Waals surface area contributed by atoms with Crippen molar-refractivity contribution in [1.29, 1.82) is 0 Å². The van der Waals surface area contributed by atoms with Crippen LogP contribution in [0.15, 0.2) is 47.6 Å². The minimum Gasteiger partial charge on any atom is -0.368 e. The number of nitrogens with zero attached hydrogens (tertiary/aromatic N) is 1. The molecule has 1 spiro atoms. The van der Waals surface area contributed by atoms with Crippen LogP contribution in [0.1, 0.15) is 91.2 Å². The van der Waals surface area contributed by atoms with Gasteiger partial charge in [-0.25, -0.2) is 5.90 Å². The van der Waals surface area contributed by atoms with E-state index in [1.807, 2.05) is 0 Å². The molecule has 2 aliphatic carbocycles. The van der Waals surface area contributed by atoms with E-state index in [0.717, 1.165) is 27.7 Å². The molecule has 0 amide bonds. The van der Waals surface area contributed by atoms with E-state index < -0.39 is 0 Å². The maximum Gasteiger partial charge on any atom is 0.107 e. The van der Waals surface area contributed by atoms with Crippen LogP contribution in [0.5, 0.6) is 0 Å². The molecule has 0 radical (unpaired) electrons. The van der Waals surface area contributed by atoms with E-state index in [2.05, 4.69) is 70.2 Å². The first-order valence-corrected chi connectivity index (χ1v) is 14.2. The molecule has 1 unspecified atom stereocenters. The lowest BCUT2D eigenvalue weighted by Crippen LogP contribution is -2.36. The topological polar surface area (TPSA) is 73.9 Å². The summed E-state index contributed by atoms with van der Waals surface area (Å²) >= 11 is 2.44. The van der Waals surface area contributed by atoms with Gasteiger partial charge in [0.15, 0.2) is 0 Å². The Hall–Kier alpha value is -1.35. The molecule has 3 atom stereocenters. The highest BCUT2D eigenvalue weighted by Gasteiger charge is 2.44. The Balaban J connectivity index is 1.29. The van der Waals surface area contributed by atoms with E-state index in [-0.39, 0.29) is 24.9 Å². The Labute approximate surface area is 216 Å². The van der Waals surface area contributed by atoms with Gasteiger partial charge in [-0.2, -0.15) is 4.91 Å². The smallest absolute Gasteiger partial charge is 0.107 e. The molecule has 0 bridgehead atoms. The third-order valence-electron chi connectivity index (χ3n) is 8.43. The molecule has 2 N–H and O–H groups in total. The minimum atomic E-state index is -0.250. The highest BCUT2D eigenvalue weighted by atomic mass is 127. The normalized spacial score (nSPS) is 26.5. The number of benzene rings is 2. The van der Waals surface area contributed by atoms with Gasteiger partial charge in [0.05, 0.1) is 18.3 Å². The fraction of sp³-hybridized carbons (Fsp3) is 0.571. The van der Waals surface area contributed by atoms with E-state index in [0.29, 0.717) is 12.8 Å². The number of rotatable bonds is 8. The second kappa shape index (κ2) is 10.7. The van der Waals surface area contributed by atoms with Crippen LogP contribution in [0.2, 0.25) is 0 Å². The Morgan fingerprint density at radius 2 is 1.74 bits per heavy atom. The number of nitrogens with two attached hydrogens (primary N) is 1. The van der Waals surface area contributed by atoms with Gasteiger partial charge in [0, 0.05) is 17.3 Å². The summed E-state index contributed by atoms with van der Waals surface area (Å²) in [5, 5.41) is 3.04. The summed E-state index contributed by atoms with van der Waals surface area (Å²) in [5.74, 6) is 6.24. The number of halogens is 1. The summed E-state index contributed by atoms with van der Waals surface area (Å²) in [5.41, 5.74) is 7.41. The van der Waals surface area contributed by atoms with Gasteiger partial charge in [0.1, 0.15) is 6.54 Å². The summed E-state index contributed by atoms with van der Waals surface area (Å²) in [4.78, 5) is 15.9. The molecule has 34 heavy (non-hydrogen) atoms. The van der Waals surface area contributed by atoms with Crippen LogP contribution in [0, 0.1) is 10.3 Å². The molecule has 5 nitrogen and oxygen atoms in total. The minimum absolute atomic E-state index is 0.125. The monoisotopic (exact) mass is 574 g/mol. The van der Waals surface area contributed by atoms with Crippen LogP contribution < -0.4 is 5.90 Å². The molecule has 1 heterocycles. The van der Waals surface area contributed by atoms with E-state index in [1.165, 1.54) is 60.8 Å². The first kappa shape index (κ1) is 24.3. The van der Waals surface area contributed by atoms with Gasteiger partial charge >= 0.3 is 0 Å². The number of alkyl halides is 1. The summed E-state index contributed by atoms with van der Waals surface area (Å²) < 4.78 is 7.16. The maximum atomic E-state index is 10.8. The maximum absolute atomic E-state index is 10.8. The molecule has 3 fully saturated rings. The molecule has 2 aromatic carbocycles. The quantitative estimate of drug-likeness (QED) is 0.161. The zero-order valence-corrected chi connectivity index (χ0v) is 21.9. The molecule has 2 aromatic rings. The third-order valence-corrected chi connectivity index (χ3v) is 9.25. The molecule has 2 saturated carbocycles. The Morgan fingerprint density at radius 3 is 2.38 bits per heavy atom. The van der Waals surface area contributed by atoms with Crippen molar-refractivity contribution in [2.24, 2.45) is 16.5 Å². The molecule has 5 rings (SSSR count). The second-order valence-electron chi connectivity index (χ2n) is 10.6. The average Bonchev–Trinajstić information content (AvgIpc) is 3.63. The van der Waals surface area contributed by atoms with Crippen LogP contribution in [0.4, 0.5) is 0 Å². The molecule has 6 heteroatoms. The summed E-state index contributed by atoms with van der Waals surface area (Å²) in [6, 6.07) is 16.0. The lowest BCUT2D eigenvalue weighted by atomic mass is 9.77. The number of nitroso groups, excluding NO2 is 1. The van der Waals surface area contributed by atoms with E-state index in [1.54, 1.807) is 0 Å². The lowest BCUT2D eigenvalue weighted by Gasteiger charge is -2.33. The highest BCUT2D eigenvalue weighted by Crippen LogP contribution is 2.58. The van der Waals surface area contributed by atoms with Gasteiger partial charge < -0.3 is 9.57 Å². The van der Waals surface area contributed by atoms with Crippen molar-refractivity contribution in [3.05, 3.63) is 75.2 Å². The molecule has 182 valence electrons. The van der Waals surface area contributed by atoms with E-state index in [9.17, 15) is 4.91 Å². The summed E-state index contributed by atoms with van der Waals surface area (Å²) in [7, 11) is 0. The van der Waals surface area contributed by atoms with Crippen molar-refractivity contribution in [2.45, 2.75) is 86.4 Å². The molecule has 1 saturated heterocycles. The molecule has 0 aromatic heterocycles. The van der Waals surface area contributed by atoms with Gasteiger partial charge in [-0.1, -0.05) is 70.2 Å². The highest BCUT2D eigenvalue weighted by molar-refractivity contribution is 14.1. The van der Waals surface area contributed by atoms with Crippen molar-refractivity contribution in [3.63, 3.8) is 0 Å². The van der Waals surface area contributed by atoms with Crippen LogP contribution in [0.3, 0.4) is 0 Å². The average molecular weight is 575 g/mol.